The van der Waals surface area contributed by atoms with Crippen LogP contribution in [0.5, 0.6) is 5.75 Å². The first kappa shape index (κ1) is 10.2. The van der Waals surface area contributed by atoms with Gasteiger partial charge in [-0.2, -0.15) is 5.10 Å². The molecule has 0 aliphatic carbocycles. The van der Waals surface area contributed by atoms with Crippen LogP contribution >= 0.6 is 0 Å². The minimum atomic E-state index is -0.304. The third-order valence-corrected chi connectivity index (χ3v) is 2.92. The molecule has 1 aliphatic heterocycles. The van der Waals surface area contributed by atoms with Crippen molar-refractivity contribution in [3.63, 3.8) is 0 Å². The predicted molar refractivity (Wildman–Crippen MR) is 55.1 cm³/mol. The average Bonchev–Trinajstić information content (AvgIpc) is 2.54. The fourth-order valence-electron chi connectivity index (χ4n) is 1.77. The van der Waals surface area contributed by atoms with Gasteiger partial charge in [-0.05, 0) is 6.92 Å². The second-order valence-electron chi connectivity index (χ2n) is 4.18. The summed E-state index contributed by atoms with van der Waals surface area (Å²) >= 11 is 0. The van der Waals surface area contributed by atoms with E-state index < -0.39 is 0 Å². The van der Waals surface area contributed by atoms with Gasteiger partial charge in [0.2, 0.25) is 0 Å². The van der Waals surface area contributed by atoms with Crippen molar-refractivity contribution in [3.05, 3.63) is 11.9 Å². The van der Waals surface area contributed by atoms with Gasteiger partial charge in [0.15, 0.2) is 11.5 Å². The molecule has 1 aliphatic rings. The van der Waals surface area contributed by atoms with E-state index >= 15 is 0 Å². The van der Waals surface area contributed by atoms with Crippen LogP contribution in [0.4, 0.5) is 0 Å². The summed E-state index contributed by atoms with van der Waals surface area (Å²) in [6.45, 7) is 3.40. The lowest BCUT2D eigenvalue weighted by molar-refractivity contribution is 0.0707. The average molecular weight is 209 g/mol. The van der Waals surface area contributed by atoms with E-state index in [1.54, 1.807) is 25.0 Å². The molecular weight excluding hydrogens is 194 g/mol. The number of aryl methyl sites for hydroxylation is 1. The van der Waals surface area contributed by atoms with Crippen molar-refractivity contribution in [1.29, 1.82) is 0 Å². The molecule has 2 rings (SSSR count). The third-order valence-electron chi connectivity index (χ3n) is 2.92. The first-order valence-corrected chi connectivity index (χ1v) is 4.90. The largest absolute Gasteiger partial charge is 0.493 e. The maximum Gasteiger partial charge on any atom is 0.193 e. The fraction of sp³-hybridized carbons (Fsp3) is 0.600. The van der Waals surface area contributed by atoms with Crippen molar-refractivity contribution in [1.82, 2.24) is 15.1 Å². The Labute approximate surface area is 88.4 Å². The minimum absolute atomic E-state index is 0.0955. The van der Waals surface area contributed by atoms with E-state index in [0.29, 0.717) is 11.4 Å². The maximum absolute atomic E-state index is 12.2. The third kappa shape index (κ3) is 1.43. The van der Waals surface area contributed by atoms with E-state index in [4.69, 9.17) is 4.74 Å². The van der Waals surface area contributed by atoms with Crippen LogP contribution in [-0.2, 0) is 7.05 Å². The van der Waals surface area contributed by atoms with Crippen LogP contribution in [0.25, 0.3) is 0 Å². The van der Waals surface area contributed by atoms with Crippen LogP contribution < -0.4 is 10.1 Å². The number of carbonyl (C=O) groups excluding carboxylic acids is 1. The minimum Gasteiger partial charge on any atom is -0.493 e. The molecule has 5 nitrogen and oxygen atoms in total. The lowest BCUT2D eigenvalue weighted by atomic mass is 9.78. The molecule has 0 radical (unpaired) electrons. The monoisotopic (exact) mass is 209 g/mol. The Morgan fingerprint density at radius 2 is 2.33 bits per heavy atom. The first-order valence-electron chi connectivity index (χ1n) is 4.90. The van der Waals surface area contributed by atoms with E-state index in [1.165, 1.54) is 0 Å². The van der Waals surface area contributed by atoms with Crippen LogP contribution in [0, 0.1) is 5.41 Å². The molecule has 5 heteroatoms. The van der Waals surface area contributed by atoms with Crippen molar-refractivity contribution in [3.8, 4) is 5.75 Å². The highest BCUT2D eigenvalue weighted by Gasteiger charge is 2.42. The van der Waals surface area contributed by atoms with Crippen LogP contribution in [0.15, 0.2) is 6.20 Å². The van der Waals surface area contributed by atoms with Crippen molar-refractivity contribution in [2.24, 2.45) is 12.5 Å². The number of nitrogens with one attached hydrogen (secondary N) is 1. The zero-order chi connectivity index (χ0) is 11.1. The predicted octanol–water partition coefficient (Wildman–Crippen LogP) is 0.221. The van der Waals surface area contributed by atoms with Gasteiger partial charge in [-0.15, -0.1) is 0 Å². The number of ketones is 1. The summed E-state index contributed by atoms with van der Waals surface area (Å²) in [5.74, 6) is 0.647. The molecule has 0 amide bonds. The van der Waals surface area contributed by atoms with Gasteiger partial charge in [-0.25, -0.2) is 0 Å². The molecule has 2 heterocycles. The molecule has 1 fully saturated rings. The highest BCUT2D eigenvalue weighted by atomic mass is 16.5. The summed E-state index contributed by atoms with van der Waals surface area (Å²) in [6, 6.07) is 0. The molecule has 0 aromatic carbocycles. The molecule has 0 bridgehead atoms. The van der Waals surface area contributed by atoms with Crippen molar-refractivity contribution < 1.29 is 9.53 Å². The summed E-state index contributed by atoms with van der Waals surface area (Å²) in [5, 5.41) is 7.14. The maximum atomic E-state index is 12.2. The molecule has 82 valence electrons. The second-order valence-corrected chi connectivity index (χ2v) is 4.18. The molecular formula is C10H15N3O2. The molecule has 0 saturated carbocycles. The topological polar surface area (TPSA) is 56.2 Å². The van der Waals surface area contributed by atoms with E-state index in [1.807, 2.05) is 6.92 Å². The number of nitrogens with zero attached hydrogens (tertiary/aromatic N) is 2. The first-order chi connectivity index (χ1) is 7.08. The number of aromatic nitrogens is 2. The van der Waals surface area contributed by atoms with Gasteiger partial charge in [0.1, 0.15) is 5.69 Å². The SMILES string of the molecule is COc1cnn(C)c1C(=O)C1(C)CNC1. The molecule has 1 aromatic rings. The standard InChI is InChI=1S/C10H15N3O2/c1-10(5-11-6-10)9(14)8-7(15-3)4-12-13(8)2/h4,11H,5-6H2,1-3H3. The van der Waals surface area contributed by atoms with Crippen LogP contribution in [-0.4, -0.2) is 35.8 Å². The smallest absolute Gasteiger partial charge is 0.193 e. The van der Waals surface area contributed by atoms with Gasteiger partial charge < -0.3 is 10.1 Å². The summed E-state index contributed by atoms with van der Waals surface area (Å²) in [6.07, 6.45) is 1.57. The summed E-state index contributed by atoms with van der Waals surface area (Å²) in [4.78, 5) is 12.2. The van der Waals surface area contributed by atoms with Gasteiger partial charge >= 0.3 is 0 Å². The Balaban J connectivity index is 2.36. The lowest BCUT2D eigenvalue weighted by Crippen LogP contribution is -2.56. The Morgan fingerprint density at radius 3 is 2.80 bits per heavy atom. The number of carbonyl (C=O) groups is 1. The van der Waals surface area contributed by atoms with E-state index in [2.05, 4.69) is 10.4 Å². The second kappa shape index (κ2) is 3.34. The molecule has 0 spiro atoms. The Bertz CT molecular complexity index is 393. The van der Waals surface area contributed by atoms with Crippen LogP contribution in [0.1, 0.15) is 17.4 Å². The molecule has 1 aromatic heterocycles. The molecule has 1 saturated heterocycles. The molecule has 15 heavy (non-hydrogen) atoms. The highest BCUT2D eigenvalue weighted by Crippen LogP contribution is 2.30. The van der Waals surface area contributed by atoms with Crippen LogP contribution in [0.3, 0.4) is 0 Å². The summed E-state index contributed by atoms with van der Waals surface area (Å²) in [7, 11) is 3.31. The zero-order valence-electron chi connectivity index (χ0n) is 9.20. The van der Waals surface area contributed by atoms with Gasteiger partial charge in [0.05, 0.1) is 18.7 Å². The number of Topliss-reactive ketones (excluding diaryl/α,β-unsaturated/α-hetero) is 1. The highest BCUT2D eigenvalue weighted by molar-refractivity contribution is 6.02. The molecule has 1 N–H and O–H groups in total. The lowest BCUT2D eigenvalue weighted by Gasteiger charge is -2.37. The molecule has 0 atom stereocenters. The Morgan fingerprint density at radius 1 is 1.67 bits per heavy atom. The van der Waals surface area contributed by atoms with Crippen molar-refractivity contribution in [2.75, 3.05) is 20.2 Å². The zero-order valence-corrected chi connectivity index (χ0v) is 9.20. The fourth-order valence-corrected chi connectivity index (χ4v) is 1.77. The van der Waals surface area contributed by atoms with Crippen molar-refractivity contribution >= 4 is 5.78 Å². The summed E-state index contributed by atoms with van der Waals surface area (Å²) < 4.78 is 6.70. The van der Waals surface area contributed by atoms with E-state index in [9.17, 15) is 4.79 Å². The van der Waals surface area contributed by atoms with Crippen LogP contribution in [0.2, 0.25) is 0 Å². The quantitative estimate of drug-likeness (QED) is 0.724. The Kier molecular flexibility index (Phi) is 2.26. The molecule has 0 unspecified atom stereocenters. The van der Waals surface area contributed by atoms with E-state index in [-0.39, 0.29) is 11.2 Å². The Hall–Kier alpha value is -1.36. The van der Waals surface area contributed by atoms with E-state index in [0.717, 1.165) is 13.1 Å². The number of rotatable bonds is 3. The number of hydrogen-bond donors (Lipinski definition) is 1. The van der Waals surface area contributed by atoms with Gasteiger partial charge in [0.25, 0.3) is 0 Å². The number of methoxy groups -OCH3 is 1. The van der Waals surface area contributed by atoms with Gasteiger partial charge in [0, 0.05) is 20.1 Å². The van der Waals surface area contributed by atoms with Gasteiger partial charge in [-0.1, -0.05) is 0 Å². The normalized spacial score (nSPS) is 18.3. The van der Waals surface area contributed by atoms with Crippen molar-refractivity contribution in [2.45, 2.75) is 6.92 Å². The summed E-state index contributed by atoms with van der Waals surface area (Å²) in [5.41, 5.74) is 0.252. The number of hydrogen-bond acceptors (Lipinski definition) is 4. The van der Waals surface area contributed by atoms with Gasteiger partial charge in [-0.3, -0.25) is 9.48 Å². The number of ether oxygens (including phenoxy) is 1.